The number of hydrogen-bond donors (Lipinski definition) is 1. The Kier molecular flexibility index (Phi) is 5.05. The molecule has 2 aromatic carbocycles. The third-order valence-electron chi connectivity index (χ3n) is 3.70. The SMILES string of the molecule is COc1nc(-c2cccc(F)c2)c(NS(=O)(=O)c2ccccc2)cc1C#N. The van der Waals surface area contributed by atoms with Crippen molar-refractivity contribution in [2.24, 2.45) is 0 Å². The predicted octanol–water partition coefficient (Wildman–Crippen LogP) is 3.57. The molecule has 0 bridgehead atoms. The second-order valence-corrected chi connectivity index (χ2v) is 7.16. The Hall–Kier alpha value is -3.44. The van der Waals surface area contributed by atoms with Crippen LogP contribution in [0.3, 0.4) is 0 Å². The maximum atomic E-state index is 13.7. The second kappa shape index (κ2) is 7.43. The molecule has 0 atom stereocenters. The van der Waals surface area contributed by atoms with E-state index in [0.29, 0.717) is 5.56 Å². The Morgan fingerprint density at radius 1 is 1.11 bits per heavy atom. The highest BCUT2D eigenvalue weighted by molar-refractivity contribution is 7.92. The van der Waals surface area contributed by atoms with E-state index in [1.807, 2.05) is 6.07 Å². The molecule has 0 aliphatic carbocycles. The summed E-state index contributed by atoms with van der Waals surface area (Å²) in [5.74, 6) is -0.492. The van der Waals surface area contributed by atoms with Crippen molar-refractivity contribution >= 4 is 15.7 Å². The molecule has 27 heavy (non-hydrogen) atoms. The quantitative estimate of drug-likeness (QED) is 0.727. The maximum Gasteiger partial charge on any atom is 0.261 e. The number of rotatable bonds is 5. The van der Waals surface area contributed by atoms with Gasteiger partial charge in [0.05, 0.1) is 23.4 Å². The van der Waals surface area contributed by atoms with Gasteiger partial charge in [0.25, 0.3) is 10.0 Å². The zero-order valence-corrected chi connectivity index (χ0v) is 15.0. The first-order valence-electron chi connectivity index (χ1n) is 7.77. The van der Waals surface area contributed by atoms with Gasteiger partial charge >= 0.3 is 0 Å². The molecule has 1 N–H and O–H groups in total. The fourth-order valence-corrected chi connectivity index (χ4v) is 3.55. The highest BCUT2D eigenvalue weighted by Crippen LogP contribution is 2.32. The van der Waals surface area contributed by atoms with Crippen LogP contribution in [0.1, 0.15) is 5.56 Å². The van der Waals surface area contributed by atoms with Crippen LogP contribution >= 0.6 is 0 Å². The summed E-state index contributed by atoms with van der Waals surface area (Å²) in [6.45, 7) is 0. The zero-order chi connectivity index (χ0) is 19.4. The van der Waals surface area contributed by atoms with Gasteiger partial charge in [-0.05, 0) is 30.3 Å². The summed E-state index contributed by atoms with van der Waals surface area (Å²) in [4.78, 5) is 4.26. The van der Waals surface area contributed by atoms with E-state index in [0.717, 1.165) is 0 Å². The summed E-state index contributed by atoms with van der Waals surface area (Å²) in [7, 11) is -2.59. The lowest BCUT2D eigenvalue weighted by Crippen LogP contribution is -2.14. The number of pyridine rings is 1. The Bertz CT molecular complexity index is 1130. The monoisotopic (exact) mass is 383 g/mol. The molecule has 136 valence electrons. The number of aromatic nitrogens is 1. The van der Waals surface area contributed by atoms with Crippen molar-refractivity contribution in [3.05, 3.63) is 72.0 Å². The average Bonchev–Trinajstić information content (AvgIpc) is 2.68. The fraction of sp³-hybridized carbons (Fsp3) is 0.0526. The van der Waals surface area contributed by atoms with Gasteiger partial charge in [-0.25, -0.2) is 17.8 Å². The van der Waals surface area contributed by atoms with Crippen LogP contribution in [0, 0.1) is 17.1 Å². The van der Waals surface area contributed by atoms with Crippen LogP contribution in [0.15, 0.2) is 65.6 Å². The van der Waals surface area contributed by atoms with Crippen molar-refractivity contribution in [1.82, 2.24) is 4.98 Å². The number of nitriles is 1. The van der Waals surface area contributed by atoms with Crippen molar-refractivity contribution in [3.63, 3.8) is 0 Å². The van der Waals surface area contributed by atoms with Gasteiger partial charge in [0.15, 0.2) is 0 Å². The number of nitrogens with zero attached hydrogens (tertiary/aromatic N) is 2. The van der Waals surface area contributed by atoms with Crippen LogP contribution in [0.25, 0.3) is 11.3 Å². The lowest BCUT2D eigenvalue weighted by molar-refractivity contribution is 0.397. The van der Waals surface area contributed by atoms with E-state index in [1.165, 1.54) is 43.5 Å². The number of nitrogens with one attached hydrogen (secondary N) is 1. The summed E-state index contributed by atoms with van der Waals surface area (Å²) in [5.41, 5.74) is 0.568. The van der Waals surface area contributed by atoms with Gasteiger partial charge in [-0.15, -0.1) is 0 Å². The molecule has 8 heteroatoms. The van der Waals surface area contributed by atoms with Crippen molar-refractivity contribution in [2.75, 3.05) is 11.8 Å². The molecule has 3 aromatic rings. The number of benzene rings is 2. The molecule has 0 aliphatic heterocycles. The molecule has 6 nitrogen and oxygen atoms in total. The topological polar surface area (TPSA) is 92.1 Å². The molecule has 0 unspecified atom stereocenters. The van der Waals surface area contributed by atoms with Crippen molar-refractivity contribution in [2.45, 2.75) is 4.90 Å². The number of halogens is 1. The van der Waals surface area contributed by atoms with Gasteiger partial charge in [-0.1, -0.05) is 30.3 Å². The highest BCUT2D eigenvalue weighted by Gasteiger charge is 2.20. The minimum atomic E-state index is -3.93. The lowest BCUT2D eigenvalue weighted by atomic mass is 10.1. The predicted molar refractivity (Wildman–Crippen MR) is 98.1 cm³/mol. The molecule has 1 heterocycles. The summed E-state index contributed by atoms with van der Waals surface area (Å²) in [6, 6.07) is 16.5. The molecule has 0 fully saturated rings. The minimum Gasteiger partial charge on any atom is -0.480 e. The summed E-state index contributed by atoms with van der Waals surface area (Å²) >= 11 is 0. The van der Waals surface area contributed by atoms with Crippen LogP contribution in [0.2, 0.25) is 0 Å². The number of anilines is 1. The van der Waals surface area contributed by atoms with Crippen LogP contribution in [0.5, 0.6) is 5.88 Å². The van der Waals surface area contributed by atoms with Gasteiger partial charge in [0.2, 0.25) is 5.88 Å². The van der Waals surface area contributed by atoms with E-state index >= 15 is 0 Å². The molecule has 0 saturated heterocycles. The van der Waals surface area contributed by atoms with Crippen LogP contribution in [-0.2, 0) is 10.0 Å². The largest absolute Gasteiger partial charge is 0.480 e. The van der Waals surface area contributed by atoms with E-state index in [2.05, 4.69) is 9.71 Å². The number of methoxy groups -OCH3 is 1. The van der Waals surface area contributed by atoms with Crippen molar-refractivity contribution in [1.29, 1.82) is 5.26 Å². The molecule has 0 saturated carbocycles. The van der Waals surface area contributed by atoms with E-state index in [1.54, 1.807) is 24.3 Å². The number of sulfonamides is 1. The first-order valence-corrected chi connectivity index (χ1v) is 9.26. The second-order valence-electron chi connectivity index (χ2n) is 5.48. The molecule has 3 rings (SSSR count). The summed E-state index contributed by atoms with van der Waals surface area (Å²) in [5, 5.41) is 9.29. The minimum absolute atomic E-state index is 0.0134. The van der Waals surface area contributed by atoms with Crippen LogP contribution < -0.4 is 9.46 Å². The standard InChI is InChI=1S/C19H14FN3O3S/c1-26-19-14(12-21)11-17(18(22-19)13-6-5-7-15(20)10-13)23-27(24,25)16-8-3-2-4-9-16/h2-11,23H,1H3. The van der Waals surface area contributed by atoms with Gasteiger partial charge in [0, 0.05) is 5.56 Å². The highest BCUT2D eigenvalue weighted by atomic mass is 32.2. The van der Waals surface area contributed by atoms with Gasteiger partial charge in [-0.3, -0.25) is 4.72 Å². The normalized spacial score (nSPS) is 10.9. The van der Waals surface area contributed by atoms with Crippen LogP contribution in [0.4, 0.5) is 10.1 Å². The Balaban J connectivity index is 2.17. The van der Waals surface area contributed by atoms with Gasteiger partial charge in [0.1, 0.15) is 17.4 Å². The molecule has 0 aliphatic rings. The van der Waals surface area contributed by atoms with Crippen LogP contribution in [-0.4, -0.2) is 20.5 Å². The molecule has 0 spiro atoms. The Morgan fingerprint density at radius 2 is 1.85 bits per heavy atom. The molecule has 0 amide bonds. The first-order chi connectivity index (χ1) is 12.9. The zero-order valence-electron chi connectivity index (χ0n) is 14.2. The van der Waals surface area contributed by atoms with E-state index < -0.39 is 15.8 Å². The Labute approximate surface area is 155 Å². The number of hydrogen-bond acceptors (Lipinski definition) is 5. The summed E-state index contributed by atoms with van der Waals surface area (Å²) < 4.78 is 46.5. The summed E-state index contributed by atoms with van der Waals surface area (Å²) in [6.07, 6.45) is 0. The third kappa shape index (κ3) is 3.88. The average molecular weight is 383 g/mol. The van der Waals surface area contributed by atoms with Gasteiger partial charge < -0.3 is 4.74 Å². The third-order valence-corrected chi connectivity index (χ3v) is 5.08. The molecule has 1 aromatic heterocycles. The van der Waals surface area contributed by atoms with E-state index in [4.69, 9.17) is 4.74 Å². The molecule has 0 radical (unpaired) electrons. The first kappa shape index (κ1) is 18.4. The molecular weight excluding hydrogens is 369 g/mol. The smallest absolute Gasteiger partial charge is 0.261 e. The molecular formula is C19H14FN3O3S. The van der Waals surface area contributed by atoms with E-state index in [-0.39, 0.29) is 27.7 Å². The number of ether oxygens (including phenoxy) is 1. The van der Waals surface area contributed by atoms with Crippen molar-refractivity contribution in [3.8, 4) is 23.2 Å². The fourth-order valence-electron chi connectivity index (χ4n) is 2.47. The van der Waals surface area contributed by atoms with Crippen molar-refractivity contribution < 1.29 is 17.5 Å². The maximum absolute atomic E-state index is 13.7. The Morgan fingerprint density at radius 3 is 2.48 bits per heavy atom. The van der Waals surface area contributed by atoms with E-state index in [9.17, 15) is 18.1 Å². The van der Waals surface area contributed by atoms with Gasteiger partial charge in [-0.2, -0.15) is 5.26 Å². The lowest BCUT2D eigenvalue weighted by Gasteiger charge is -2.14.